The summed E-state index contributed by atoms with van der Waals surface area (Å²) in [5, 5.41) is 14.6. The van der Waals surface area contributed by atoms with E-state index in [1.54, 1.807) is 0 Å². The van der Waals surface area contributed by atoms with Gasteiger partial charge in [-0.3, -0.25) is 15.0 Å². The number of rotatable bonds is 6. The van der Waals surface area contributed by atoms with Gasteiger partial charge >= 0.3 is 0 Å². The molecule has 128 valence electrons. The highest BCUT2D eigenvalue weighted by Crippen LogP contribution is 2.34. The summed E-state index contributed by atoms with van der Waals surface area (Å²) in [5.74, 6) is 0. The van der Waals surface area contributed by atoms with Gasteiger partial charge in [0.15, 0.2) is 0 Å². The molecule has 1 saturated heterocycles. The molecule has 2 rings (SSSR count). The highest BCUT2D eigenvalue weighted by atomic mass is 35.5. The Hall–Kier alpha value is -1.08. The van der Waals surface area contributed by atoms with Gasteiger partial charge in [-0.15, -0.1) is 0 Å². The Bertz CT molecular complexity index is 539. The maximum Gasteiger partial charge on any atom is 0.272 e. The number of benzene rings is 1. The van der Waals surface area contributed by atoms with Crippen LogP contribution in [0.2, 0.25) is 10.0 Å². The SMILES string of the molecule is CCN1CCN(C(C)CNc2c(Cl)cc([N+](=O)[O-])cc2Cl)CC1. The normalized spacial score (nSPS) is 17.9. The van der Waals surface area contributed by atoms with E-state index < -0.39 is 4.92 Å². The molecule has 0 spiro atoms. The first-order valence-corrected chi connectivity index (χ1v) is 8.51. The van der Waals surface area contributed by atoms with Crippen LogP contribution >= 0.6 is 23.2 Å². The van der Waals surface area contributed by atoms with E-state index in [1.165, 1.54) is 12.1 Å². The van der Waals surface area contributed by atoms with Crippen molar-refractivity contribution in [1.82, 2.24) is 9.80 Å². The molecule has 0 bridgehead atoms. The van der Waals surface area contributed by atoms with Crippen LogP contribution in [0.25, 0.3) is 0 Å². The molecule has 0 amide bonds. The minimum Gasteiger partial charge on any atom is -0.381 e. The summed E-state index contributed by atoms with van der Waals surface area (Å²) in [5.41, 5.74) is 0.451. The van der Waals surface area contributed by atoms with Crippen LogP contribution in [0.1, 0.15) is 13.8 Å². The molecule has 0 radical (unpaired) electrons. The second-order valence-corrected chi connectivity index (χ2v) is 6.56. The van der Waals surface area contributed by atoms with Gasteiger partial charge in [0, 0.05) is 50.9 Å². The minimum atomic E-state index is -0.503. The number of hydrogen-bond acceptors (Lipinski definition) is 5. The number of likely N-dealkylation sites (N-methyl/N-ethyl adjacent to an activating group) is 1. The molecule has 0 aliphatic carbocycles. The van der Waals surface area contributed by atoms with E-state index in [0.29, 0.717) is 18.3 Å². The van der Waals surface area contributed by atoms with Crippen LogP contribution in [-0.2, 0) is 0 Å². The lowest BCUT2D eigenvalue weighted by Gasteiger charge is -2.37. The monoisotopic (exact) mass is 360 g/mol. The van der Waals surface area contributed by atoms with Gasteiger partial charge in [0.1, 0.15) is 0 Å². The molecule has 23 heavy (non-hydrogen) atoms. The molecule has 6 nitrogen and oxygen atoms in total. The van der Waals surface area contributed by atoms with Crippen LogP contribution in [0, 0.1) is 10.1 Å². The summed E-state index contributed by atoms with van der Waals surface area (Å²) in [6.45, 7) is 10.4. The number of hydrogen-bond donors (Lipinski definition) is 1. The molecule has 1 unspecified atom stereocenters. The third-order valence-electron chi connectivity index (χ3n) is 4.29. The lowest BCUT2D eigenvalue weighted by Crippen LogP contribution is -2.51. The topological polar surface area (TPSA) is 61.6 Å². The fraction of sp³-hybridized carbons (Fsp3) is 0.600. The molecule has 0 saturated carbocycles. The maximum absolute atomic E-state index is 10.8. The Morgan fingerprint density at radius 2 is 1.83 bits per heavy atom. The molecular weight excluding hydrogens is 339 g/mol. The number of anilines is 1. The van der Waals surface area contributed by atoms with Crippen molar-refractivity contribution in [2.24, 2.45) is 0 Å². The molecular formula is C15H22Cl2N4O2. The fourth-order valence-corrected chi connectivity index (χ4v) is 3.34. The van der Waals surface area contributed by atoms with Gasteiger partial charge in [0.2, 0.25) is 0 Å². The highest BCUT2D eigenvalue weighted by Gasteiger charge is 2.21. The van der Waals surface area contributed by atoms with E-state index in [1.807, 2.05) is 0 Å². The second-order valence-electron chi connectivity index (χ2n) is 5.74. The molecule has 1 heterocycles. The highest BCUT2D eigenvalue weighted by molar-refractivity contribution is 6.39. The average Bonchev–Trinajstić information content (AvgIpc) is 2.53. The predicted molar refractivity (Wildman–Crippen MR) is 94.8 cm³/mol. The van der Waals surface area contributed by atoms with E-state index >= 15 is 0 Å². The number of halogens is 2. The van der Waals surface area contributed by atoms with E-state index in [0.717, 1.165) is 32.7 Å². The smallest absolute Gasteiger partial charge is 0.272 e. The van der Waals surface area contributed by atoms with Crippen LogP contribution in [0.3, 0.4) is 0 Å². The average molecular weight is 361 g/mol. The van der Waals surface area contributed by atoms with Crippen LogP contribution in [-0.4, -0.2) is 60.0 Å². The zero-order chi connectivity index (χ0) is 17.0. The van der Waals surface area contributed by atoms with Crippen LogP contribution in [0.5, 0.6) is 0 Å². The van der Waals surface area contributed by atoms with Crippen molar-refractivity contribution in [1.29, 1.82) is 0 Å². The molecule has 1 N–H and O–H groups in total. The van der Waals surface area contributed by atoms with Gasteiger partial charge in [0.05, 0.1) is 20.7 Å². The van der Waals surface area contributed by atoms with Crippen molar-refractivity contribution in [2.75, 3.05) is 44.6 Å². The van der Waals surface area contributed by atoms with Crippen LogP contribution < -0.4 is 5.32 Å². The lowest BCUT2D eigenvalue weighted by molar-refractivity contribution is -0.384. The minimum absolute atomic E-state index is 0.103. The first-order valence-electron chi connectivity index (χ1n) is 7.76. The summed E-state index contributed by atoms with van der Waals surface area (Å²) in [7, 11) is 0. The Balaban J connectivity index is 1.94. The van der Waals surface area contributed by atoms with Crippen molar-refractivity contribution in [3.63, 3.8) is 0 Å². The van der Waals surface area contributed by atoms with Gasteiger partial charge in [-0.2, -0.15) is 0 Å². The Morgan fingerprint density at radius 3 is 2.30 bits per heavy atom. The maximum atomic E-state index is 10.8. The van der Waals surface area contributed by atoms with Gasteiger partial charge in [0.25, 0.3) is 5.69 Å². The summed E-state index contributed by atoms with van der Waals surface area (Å²) in [6.07, 6.45) is 0. The van der Waals surface area contributed by atoms with Gasteiger partial charge < -0.3 is 10.2 Å². The fourth-order valence-electron chi connectivity index (χ4n) is 2.73. The van der Waals surface area contributed by atoms with Crippen LogP contribution in [0.4, 0.5) is 11.4 Å². The third-order valence-corrected chi connectivity index (χ3v) is 4.89. The standard InChI is InChI=1S/C15H22Cl2N4O2/c1-3-19-4-6-20(7-5-19)11(2)10-18-15-13(16)8-12(21(22)23)9-14(15)17/h8-9,11,18H,3-7,10H2,1-2H3. The second kappa shape index (κ2) is 8.15. The van der Waals surface area contributed by atoms with Crippen molar-refractivity contribution in [3.05, 3.63) is 32.3 Å². The van der Waals surface area contributed by atoms with Crippen molar-refractivity contribution in [2.45, 2.75) is 19.9 Å². The van der Waals surface area contributed by atoms with Gasteiger partial charge in [-0.05, 0) is 13.5 Å². The molecule has 1 aliphatic heterocycles. The van der Waals surface area contributed by atoms with E-state index in [-0.39, 0.29) is 15.7 Å². The van der Waals surface area contributed by atoms with Crippen molar-refractivity contribution >= 4 is 34.6 Å². The Morgan fingerprint density at radius 1 is 1.26 bits per heavy atom. The number of nitro benzene ring substituents is 1. The largest absolute Gasteiger partial charge is 0.381 e. The van der Waals surface area contributed by atoms with Crippen molar-refractivity contribution < 1.29 is 4.92 Å². The summed E-state index contributed by atoms with van der Waals surface area (Å²) in [6, 6.07) is 2.97. The number of nitrogens with one attached hydrogen (secondary N) is 1. The summed E-state index contributed by atoms with van der Waals surface area (Å²) in [4.78, 5) is 15.1. The molecule has 1 aromatic rings. The van der Waals surface area contributed by atoms with E-state index in [9.17, 15) is 10.1 Å². The molecule has 1 atom stereocenters. The molecule has 1 aromatic carbocycles. The van der Waals surface area contributed by atoms with Crippen molar-refractivity contribution in [3.8, 4) is 0 Å². The number of piperazine rings is 1. The number of non-ortho nitro benzene ring substituents is 1. The predicted octanol–water partition coefficient (Wildman–Crippen LogP) is 3.34. The van der Waals surface area contributed by atoms with Gasteiger partial charge in [-0.25, -0.2) is 0 Å². The number of nitrogens with zero attached hydrogens (tertiary/aromatic N) is 3. The lowest BCUT2D eigenvalue weighted by atomic mass is 10.2. The molecule has 1 aliphatic rings. The van der Waals surface area contributed by atoms with Gasteiger partial charge in [-0.1, -0.05) is 30.1 Å². The first kappa shape index (κ1) is 18.3. The first-order chi connectivity index (χ1) is 10.9. The zero-order valence-corrected chi connectivity index (χ0v) is 14.9. The van der Waals surface area contributed by atoms with Crippen LogP contribution in [0.15, 0.2) is 12.1 Å². The number of nitro groups is 1. The quantitative estimate of drug-likeness (QED) is 0.622. The zero-order valence-electron chi connectivity index (χ0n) is 13.4. The summed E-state index contributed by atoms with van der Waals surface area (Å²) >= 11 is 12.2. The molecule has 0 aromatic heterocycles. The molecule has 8 heteroatoms. The molecule has 1 fully saturated rings. The van der Waals surface area contributed by atoms with E-state index in [2.05, 4.69) is 29.0 Å². The third kappa shape index (κ3) is 4.70. The summed E-state index contributed by atoms with van der Waals surface area (Å²) < 4.78 is 0. The van der Waals surface area contributed by atoms with E-state index in [4.69, 9.17) is 23.2 Å². The Kier molecular flexibility index (Phi) is 6.47. The Labute approximate surface area is 146 Å².